The zero-order valence-corrected chi connectivity index (χ0v) is 14.3. The summed E-state index contributed by atoms with van der Waals surface area (Å²) in [7, 11) is 1.54. The molecule has 0 aliphatic carbocycles. The Morgan fingerprint density at radius 3 is 2.46 bits per heavy atom. The minimum absolute atomic E-state index is 0.0143. The van der Waals surface area contributed by atoms with Crippen LogP contribution in [0.25, 0.3) is 6.08 Å². The van der Waals surface area contributed by atoms with Crippen molar-refractivity contribution < 1.29 is 22.7 Å². The molecule has 1 fully saturated rings. The van der Waals surface area contributed by atoms with E-state index in [0.29, 0.717) is 5.75 Å². The molecule has 1 saturated heterocycles. The fourth-order valence-electron chi connectivity index (χ4n) is 2.39. The van der Waals surface area contributed by atoms with Crippen LogP contribution in [0.3, 0.4) is 0 Å². The first-order valence-corrected chi connectivity index (χ1v) is 8.25. The van der Waals surface area contributed by atoms with Crippen LogP contribution in [-0.2, 0) is 11.0 Å². The van der Waals surface area contributed by atoms with Crippen LogP contribution in [0.4, 0.5) is 18.9 Å². The van der Waals surface area contributed by atoms with Gasteiger partial charge in [-0.1, -0.05) is 18.2 Å². The minimum atomic E-state index is -4.52. The normalized spacial score (nSPS) is 16.5. The van der Waals surface area contributed by atoms with Crippen LogP contribution in [0.2, 0.25) is 0 Å². The third kappa shape index (κ3) is 3.60. The molecule has 134 valence electrons. The van der Waals surface area contributed by atoms with Crippen LogP contribution in [0.15, 0.2) is 53.4 Å². The second-order valence-electron chi connectivity index (χ2n) is 5.38. The number of amides is 1. The van der Waals surface area contributed by atoms with Gasteiger partial charge in [-0.3, -0.25) is 15.1 Å². The predicted molar refractivity (Wildman–Crippen MR) is 95.2 cm³/mol. The fraction of sp³-hybridized carbons (Fsp3) is 0.111. The minimum Gasteiger partial charge on any atom is -0.497 e. The van der Waals surface area contributed by atoms with Crippen LogP contribution in [-0.4, -0.2) is 18.2 Å². The number of alkyl halides is 3. The van der Waals surface area contributed by atoms with Crippen molar-refractivity contribution in [2.75, 3.05) is 12.0 Å². The molecule has 0 saturated carbocycles. The Labute approximate surface area is 151 Å². The fourth-order valence-corrected chi connectivity index (χ4v) is 3.26. The van der Waals surface area contributed by atoms with Gasteiger partial charge in [-0.2, -0.15) is 13.2 Å². The number of methoxy groups -OCH3 is 1. The smallest absolute Gasteiger partial charge is 0.416 e. The van der Waals surface area contributed by atoms with Gasteiger partial charge >= 0.3 is 6.18 Å². The Hall–Kier alpha value is -2.74. The van der Waals surface area contributed by atoms with Gasteiger partial charge in [0.15, 0.2) is 5.17 Å². The maximum absolute atomic E-state index is 12.9. The molecule has 0 atom stereocenters. The summed E-state index contributed by atoms with van der Waals surface area (Å²) < 4.78 is 43.7. The number of nitrogens with zero attached hydrogens (tertiary/aromatic N) is 1. The lowest BCUT2D eigenvalue weighted by Crippen LogP contribution is -2.28. The molecule has 1 aliphatic rings. The highest BCUT2D eigenvalue weighted by atomic mass is 32.2. The van der Waals surface area contributed by atoms with Gasteiger partial charge in [-0.15, -0.1) is 0 Å². The second-order valence-corrected chi connectivity index (χ2v) is 6.41. The van der Waals surface area contributed by atoms with Gasteiger partial charge in [0.05, 0.1) is 23.3 Å². The Balaban J connectivity index is 1.90. The van der Waals surface area contributed by atoms with Gasteiger partial charge in [0.2, 0.25) is 0 Å². The number of amidine groups is 1. The summed E-state index contributed by atoms with van der Waals surface area (Å²) in [5.41, 5.74) is -0.131. The predicted octanol–water partition coefficient (Wildman–Crippen LogP) is 4.77. The molecule has 1 aliphatic heterocycles. The number of rotatable bonds is 3. The first-order valence-electron chi connectivity index (χ1n) is 7.43. The topological polar surface area (TPSA) is 53.4 Å². The van der Waals surface area contributed by atoms with Crippen LogP contribution in [0.1, 0.15) is 11.1 Å². The maximum atomic E-state index is 12.9. The lowest BCUT2D eigenvalue weighted by Gasteiger charge is -2.16. The molecule has 0 radical (unpaired) electrons. The summed E-state index contributed by atoms with van der Waals surface area (Å²) in [5.74, 6) is 0.131. The third-order valence-corrected chi connectivity index (χ3v) is 4.56. The van der Waals surface area contributed by atoms with Gasteiger partial charge in [-0.05, 0) is 53.7 Å². The lowest BCUT2D eigenvalue weighted by molar-refractivity contribution is -0.137. The molecule has 1 heterocycles. The van der Waals surface area contributed by atoms with E-state index < -0.39 is 17.6 Å². The van der Waals surface area contributed by atoms with Crippen molar-refractivity contribution >= 4 is 34.6 Å². The largest absolute Gasteiger partial charge is 0.497 e. The summed E-state index contributed by atoms with van der Waals surface area (Å²) in [4.78, 5) is 13.8. The van der Waals surface area contributed by atoms with E-state index in [4.69, 9.17) is 10.1 Å². The van der Waals surface area contributed by atoms with Crippen molar-refractivity contribution in [1.29, 1.82) is 5.41 Å². The van der Waals surface area contributed by atoms with Crippen molar-refractivity contribution in [3.63, 3.8) is 0 Å². The van der Waals surface area contributed by atoms with E-state index in [1.807, 2.05) is 0 Å². The molecule has 4 nitrogen and oxygen atoms in total. The summed E-state index contributed by atoms with van der Waals surface area (Å²) in [5, 5.41) is 7.84. The van der Waals surface area contributed by atoms with E-state index in [2.05, 4.69) is 0 Å². The Morgan fingerprint density at radius 2 is 1.85 bits per heavy atom. The van der Waals surface area contributed by atoms with E-state index in [9.17, 15) is 18.0 Å². The molecular formula is C18H13F3N2O2S. The molecular weight excluding hydrogens is 365 g/mol. The standard InChI is InChI=1S/C18H13F3N2O2S/c1-25-14-7-5-11(6-8-14)9-15-16(24)23(17(22)26-15)13-4-2-3-12(10-13)18(19,20)21/h2-10,22H,1H3. The molecule has 2 aromatic carbocycles. The SMILES string of the molecule is COc1ccc(C=C2SC(=N)N(c3cccc(C(F)(F)F)c3)C2=O)cc1. The van der Waals surface area contributed by atoms with Crippen molar-refractivity contribution in [2.24, 2.45) is 0 Å². The molecule has 26 heavy (non-hydrogen) atoms. The van der Waals surface area contributed by atoms with Crippen molar-refractivity contribution in [3.05, 3.63) is 64.6 Å². The highest BCUT2D eigenvalue weighted by Gasteiger charge is 2.36. The Kier molecular flexibility index (Phi) is 4.78. The zero-order valence-electron chi connectivity index (χ0n) is 13.5. The summed E-state index contributed by atoms with van der Waals surface area (Å²) >= 11 is 0.903. The monoisotopic (exact) mass is 378 g/mol. The molecule has 1 amide bonds. The van der Waals surface area contributed by atoms with Crippen molar-refractivity contribution in [3.8, 4) is 5.75 Å². The average molecular weight is 378 g/mol. The van der Waals surface area contributed by atoms with Gasteiger partial charge in [0.25, 0.3) is 5.91 Å². The second kappa shape index (κ2) is 6.87. The summed E-state index contributed by atoms with van der Waals surface area (Å²) in [6.07, 6.45) is -2.93. The highest BCUT2D eigenvalue weighted by Crippen LogP contribution is 2.37. The molecule has 1 N–H and O–H groups in total. The van der Waals surface area contributed by atoms with Crippen LogP contribution in [0, 0.1) is 5.41 Å². The Morgan fingerprint density at radius 1 is 1.15 bits per heavy atom. The summed E-state index contributed by atoms with van der Waals surface area (Å²) in [6, 6.07) is 11.3. The van der Waals surface area contributed by atoms with Crippen molar-refractivity contribution in [2.45, 2.75) is 6.18 Å². The number of halogens is 3. The molecule has 0 unspecified atom stereocenters. The molecule has 3 rings (SSSR count). The molecule has 8 heteroatoms. The van der Waals surface area contributed by atoms with E-state index in [1.165, 1.54) is 19.2 Å². The van der Waals surface area contributed by atoms with E-state index in [0.717, 1.165) is 34.4 Å². The van der Waals surface area contributed by atoms with Crippen molar-refractivity contribution in [1.82, 2.24) is 0 Å². The number of benzene rings is 2. The van der Waals surface area contributed by atoms with Gasteiger partial charge in [0, 0.05) is 0 Å². The first-order chi connectivity index (χ1) is 12.3. The van der Waals surface area contributed by atoms with Gasteiger partial charge in [0.1, 0.15) is 5.75 Å². The van der Waals surface area contributed by atoms with Crippen LogP contribution in [0.5, 0.6) is 5.75 Å². The number of carbonyl (C=O) groups is 1. The highest BCUT2D eigenvalue weighted by molar-refractivity contribution is 8.19. The van der Waals surface area contributed by atoms with E-state index in [-0.39, 0.29) is 15.8 Å². The van der Waals surface area contributed by atoms with Crippen LogP contribution < -0.4 is 9.64 Å². The number of ether oxygens (including phenoxy) is 1. The first kappa shape index (κ1) is 18.1. The summed E-state index contributed by atoms with van der Waals surface area (Å²) in [6.45, 7) is 0. The quantitative estimate of drug-likeness (QED) is 0.783. The molecule has 0 spiro atoms. The number of nitrogens with one attached hydrogen (secondary N) is 1. The maximum Gasteiger partial charge on any atom is 0.416 e. The van der Waals surface area contributed by atoms with E-state index >= 15 is 0 Å². The zero-order chi connectivity index (χ0) is 18.9. The lowest BCUT2D eigenvalue weighted by atomic mass is 10.1. The average Bonchev–Trinajstić information content (AvgIpc) is 2.88. The molecule has 0 aromatic heterocycles. The number of thioether (sulfide) groups is 1. The number of hydrogen-bond donors (Lipinski definition) is 1. The third-order valence-electron chi connectivity index (χ3n) is 3.67. The number of anilines is 1. The molecule has 0 bridgehead atoms. The van der Waals surface area contributed by atoms with E-state index in [1.54, 1.807) is 30.3 Å². The number of carbonyl (C=O) groups excluding carboxylic acids is 1. The van der Waals surface area contributed by atoms with Gasteiger partial charge in [-0.25, -0.2) is 0 Å². The Bertz CT molecular complexity index is 892. The van der Waals surface area contributed by atoms with Gasteiger partial charge < -0.3 is 4.74 Å². The van der Waals surface area contributed by atoms with Crippen LogP contribution >= 0.6 is 11.8 Å². The molecule has 2 aromatic rings. The number of hydrogen-bond acceptors (Lipinski definition) is 4.